The highest BCUT2D eigenvalue weighted by atomic mass is 35.5. The molecule has 5 heteroatoms. The van der Waals surface area contributed by atoms with E-state index >= 15 is 0 Å². The van der Waals surface area contributed by atoms with Crippen LogP contribution in [0.25, 0.3) is 0 Å². The van der Waals surface area contributed by atoms with Crippen LogP contribution in [0.4, 0.5) is 0 Å². The Bertz CT molecular complexity index is 707. The molecule has 0 saturated heterocycles. The van der Waals surface area contributed by atoms with Gasteiger partial charge in [0.2, 0.25) is 5.91 Å². The molecular formula is C20H27ClN2O2. The molecule has 0 radical (unpaired) electrons. The number of amides is 1. The van der Waals surface area contributed by atoms with Crippen molar-refractivity contribution in [2.75, 3.05) is 14.2 Å². The Morgan fingerprint density at radius 3 is 2.16 bits per heavy atom. The number of nitrogens with two attached hydrogens (primary N) is 1. The second kappa shape index (κ2) is 8.37. The fraction of sp³-hybridized carbons (Fsp3) is 0.350. The third-order valence-corrected chi connectivity index (χ3v) is 4.31. The summed E-state index contributed by atoms with van der Waals surface area (Å²) >= 11 is 0. The van der Waals surface area contributed by atoms with Crippen molar-refractivity contribution < 1.29 is 9.53 Å². The molecule has 0 heterocycles. The van der Waals surface area contributed by atoms with E-state index in [1.165, 1.54) is 0 Å². The van der Waals surface area contributed by atoms with Gasteiger partial charge in [-0.05, 0) is 43.0 Å². The molecule has 0 aliphatic heterocycles. The first-order chi connectivity index (χ1) is 11.3. The zero-order valence-electron chi connectivity index (χ0n) is 15.5. The Kier molecular flexibility index (Phi) is 7.03. The molecule has 1 amide bonds. The molecule has 1 atom stereocenters. The molecule has 0 aromatic heterocycles. The monoisotopic (exact) mass is 362 g/mol. The molecule has 1 unspecified atom stereocenters. The lowest BCUT2D eigenvalue weighted by molar-refractivity contribution is -0.136. The van der Waals surface area contributed by atoms with E-state index in [1.807, 2.05) is 56.3 Å². The number of carbonyl (C=O) groups is 1. The summed E-state index contributed by atoms with van der Waals surface area (Å²) in [6, 6.07) is 13.6. The summed E-state index contributed by atoms with van der Waals surface area (Å²) < 4.78 is 5.39. The van der Waals surface area contributed by atoms with E-state index in [1.54, 1.807) is 26.0 Å². The van der Waals surface area contributed by atoms with Crippen molar-refractivity contribution >= 4 is 18.3 Å². The molecule has 0 saturated carbocycles. The molecule has 0 bridgehead atoms. The summed E-state index contributed by atoms with van der Waals surface area (Å²) in [5, 5.41) is 0. The van der Waals surface area contributed by atoms with Crippen LogP contribution < -0.4 is 10.5 Å². The molecular weight excluding hydrogens is 336 g/mol. The van der Waals surface area contributed by atoms with Gasteiger partial charge in [0.05, 0.1) is 7.11 Å². The van der Waals surface area contributed by atoms with E-state index in [-0.39, 0.29) is 18.3 Å². The van der Waals surface area contributed by atoms with E-state index in [4.69, 9.17) is 10.5 Å². The number of halogens is 1. The summed E-state index contributed by atoms with van der Waals surface area (Å²) in [4.78, 5) is 14.5. The van der Waals surface area contributed by atoms with Crippen LogP contribution in [0.3, 0.4) is 0 Å². The van der Waals surface area contributed by atoms with Crippen molar-refractivity contribution in [1.82, 2.24) is 4.90 Å². The number of aryl methyl sites for hydroxylation is 2. The molecule has 0 fully saturated rings. The van der Waals surface area contributed by atoms with Gasteiger partial charge in [-0.25, -0.2) is 0 Å². The van der Waals surface area contributed by atoms with Crippen molar-refractivity contribution in [3.05, 3.63) is 64.7 Å². The minimum absolute atomic E-state index is 0. The number of likely N-dealkylation sites (N-methyl/N-ethyl adjacent to an activating group) is 1. The summed E-state index contributed by atoms with van der Waals surface area (Å²) in [6.45, 7) is 6.28. The van der Waals surface area contributed by atoms with Crippen molar-refractivity contribution in [2.24, 2.45) is 5.73 Å². The smallest absolute Gasteiger partial charge is 0.247 e. The third kappa shape index (κ3) is 4.53. The number of carbonyl (C=O) groups excluding carboxylic acids is 1. The summed E-state index contributed by atoms with van der Waals surface area (Å²) in [5.41, 5.74) is 9.28. The van der Waals surface area contributed by atoms with Gasteiger partial charge >= 0.3 is 0 Å². The van der Waals surface area contributed by atoms with Gasteiger partial charge in [0.1, 0.15) is 11.3 Å². The number of rotatable bonds is 5. The highest BCUT2D eigenvalue weighted by Gasteiger charge is 2.33. The Labute approximate surface area is 156 Å². The molecule has 0 aliphatic carbocycles. The molecule has 0 spiro atoms. The minimum atomic E-state index is -1.05. The van der Waals surface area contributed by atoms with Crippen LogP contribution in [-0.2, 0) is 16.9 Å². The lowest BCUT2D eigenvalue weighted by atomic mass is 9.91. The van der Waals surface area contributed by atoms with E-state index in [0.29, 0.717) is 6.54 Å². The Morgan fingerprint density at radius 2 is 1.68 bits per heavy atom. The van der Waals surface area contributed by atoms with Crippen LogP contribution in [0.15, 0.2) is 42.5 Å². The van der Waals surface area contributed by atoms with Gasteiger partial charge in [0.25, 0.3) is 0 Å². The molecule has 25 heavy (non-hydrogen) atoms. The van der Waals surface area contributed by atoms with Crippen molar-refractivity contribution in [3.8, 4) is 5.75 Å². The number of methoxy groups -OCH3 is 1. The van der Waals surface area contributed by atoms with Gasteiger partial charge in [-0.1, -0.05) is 42.5 Å². The zero-order chi connectivity index (χ0) is 17.9. The van der Waals surface area contributed by atoms with Crippen molar-refractivity contribution in [2.45, 2.75) is 32.9 Å². The first-order valence-electron chi connectivity index (χ1n) is 8.01. The number of nitrogens with zero attached hydrogens (tertiary/aromatic N) is 1. The second-order valence-electron chi connectivity index (χ2n) is 6.49. The number of hydrogen-bond donors (Lipinski definition) is 1. The number of benzene rings is 2. The normalized spacial score (nSPS) is 12.7. The lowest BCUT2D eigenvalue weighted by Gasteiger charge is -2.30. The highest BCUT2D eigenvalue weighted by molar-refractivity contribution is 5.87. The van der Waals surface area contributed by atoms with Crippen LogP contribution in [-0.4, -0.2) is 25.0 Å². The topological polar surface area (TPSA) is 55.6 Å². The first kappa shape index (κ1) is 21.0. The zero-order valence-corrected chi connectivity index (χ0v) is 16.3. The molecule has 0 aliphatic rings. The van der Waals surface area contributed by atoms with Crippen molar-refractivity contribution in [3.63, 3.8) is 0 Å². The largest absolute Gasteiger partial charge is 0.496 e. The Morgan fingerprint density at radius 1 is 1.16 bits per heavy atom. The van der Waals surface area contributed by atoms with Crippen LogP contribution in [0.2, 0.25) is 0 Å². The molecule has 2 N–H and O–H groups in total. The summed E-state index contributed by atoms with van der Waals surface area (Å²) in [7, 11) is 3.45. The molecule has 2 rings (SSSR count). The van der Waals surface area contributed by atoms with Gasteiger partial charge in [-0.15, -0.1) is 12.4 Å². The average Bonchev–Trinajstić information content (AvgIpc) is 2.54. The molecule has 2 aromatic rings. The van der Waals surface area contributed by atoms with E-state index in [9.17, 15) is 4.79 Å². The first-order valence-corrected chi connectivity index (χ1v) is 8.01. The van der Waals surface area contributed by atoms with Gasteiger partial charge in [-0.2, -0.15) is 0 Å². The molecule has 136 valence electrons. The highest BCUT2D eigenvalue weighted by Crippen LogP contribution is 2.26. The maximum Gasteiger partial charge on any atom is 0.247 e. The Balaban J connectivity index is 0.00000312. The lowest BCUT2D eigenvalue weighted by Crippen LogP contribution is -2.49. The minimum Gasteiger partial charge on any atom is -0.496 e. The van der Waals surface area contributed by atoms with Gasteiger partial charge in [-0.3, -0.25) is 4.79 Å². The molecule has 2 aromatic carbocycles. The van der Waals surface area contributed by atoms with Crippen LogP contribution in [0.5, 0.6) is 5.75 Å². The predicted octanol–water partition coefficient (Wildman–Crippen LogP) is 3.57. The van der Waals surface area contributed by atoms with E-state index in [2.05, 4.69) is 0 Å². The predicted molar refractivity (Wildman–Crippen MR) is 104 cm³/mol. The average molecular weight is 363 g/mol. The summed E-state index contributed by atoms with van der Waals surface area (Å²) in [5.74, 6) is 0.778. The van der Waals surface area contributed by atoms with Gasteiger partial charge < -0.3 is 15.4 Å². The van der Waals surface area contributed by atoms with Crippen molar-refractivity contribution in [1.29, 1.82) is 0 Å². The van der Waals surface area contributed by atoms with E-state index in [0.717, 1.165) is 28.0 Å². The SMILES string of the molecule is COc1c(C)cc(CN(C)C(=O)C(C)(N)c2ccccc2)cc1C.Cl. The fourth-order valence-corrected chi connectivity index (χ4v) is 3.10. The van der Waals surface area contributed by atoms with Crippen LogP contribution in [0, 0.1) is 13.8 Å². The van der Waals surface area contributed by atoms with Gasteiger partial charge in [0, 0.05) is 13.6 Å². The Hall–Kier alpha value is -2.04. The fourth-order valence-electron chi connectivity index (χ4n) is 3.10. The van der Waals surface area contributed by atoms with Crippen LogP contribution >= 0.6 is 12.4 Å². The third-order valence-electron chi connectivity index (χ3n) is 4.31. The van der Waals surface area contributed by atoms with E-state index < -0.39 is 5.54 Å². The van der Waals surface area contributed by atoms with Crippen LogP contribution in [0.1, 0.15) is 29.2 Å². The summed E-state index contributed by atoms with van der Waals surface area (Å²) in [6.07, 6.45) is 0. The maximum atomic E-state index is 12.8. The van der Waals surface area contributed by atoms with Gasteiger partial charge in [0.15, 0.2) is 0 Å². The standard InChI is InChI=1S/C20H26N2O2.ClH/c1-14-11-16(12-15(2)18(14)24-5)13-22(4)19(23)20(3,21)17-9-7-6-8-10-17;/h6-12H,13,21H2,1-5H3;1H. The second-order valence-corrected chi connectivity index (χ2v) is 6.49. The molecule has 4 nitrogen and oxygen atoms in total. The number of hydrogen-bond acceptors (Lipinski definition) is 3. The maximum absolute atomic E-state index is 12.8. The quantitative estimate of drug-likeness (QED) is 0.884. The number of ether oxygens (including phenoxy) is 1.